The van der Waals surface area contributed by atoms with Crippen LogP contribution in [-0.2, 0) is 28.6 Å². The molecule has 0 rings (SSSR count). The van der Waals surface area contributed by atoms with E-state index in [4.69, 9.17) is 14.2 Å². The SMILES string of the molecule is CC/C=C\C/C=C\C/C=C\C/C=C\C/C=C\CCCCCCCCCC(=O)OCC(COC(=O)CCCCCCC/C=C\C/C=C\CCCCC)OC(=O)CCCCCCCCCCC/C=C\CCCCCCCC. The second-order valence-corrected chi connectivity index (χ2v) is 20.9. The van der Waals surface area contributed by atoms with Crippen molar-refractivity contribution in [3.05, 3.63) is 97.2 Å². The summed E-state index contributed by atoms with van der Waals surface area (Å²) in [7, 11) is 0. The number of carbonyl (C=O) groups excluding carboxylic acids is 3. The molecule has 0 saturated carbocycles. The van der Waals surface area contributed by atoms with Gasteiger partial charge in [-0.05, 0) is 122 Å². The van der Waals surface area contributed by atoms with Crippen LogP contribution in [0.3, 0.4) is 0 Å². The van der Waals surface area contributed by atoms with Gasteiger partial charge in [0.1, 0.15) is 13.2 Å². The molecule has 0 amide bonds. The van der Waals surface area contributed by atoms with E-state index in [-0.39, 0.29) is 31.1 Å². The molecule has 0 N–H and O–H groups in total. The van der Waals surface area contributed by atoms with Crippen molar-refractivity contribution in [1.82, 2.24) is 0 Å². The van der Waals surface area contributed by atoms with Gasteiger partial charge >= 0.3 is 17.9 Å². The quantitative estimate of drug-likeness (QED) is 0.0261. The predicted octanol–water partition coefficient (Wildman–Crippen LogP) is 21.7. The fourth-order valence-corrected chi connectivity index (χ4v) is 8.79. The van der Waals surface area contributed by atoms with Gasteiger partial charge < -0.3 is 14.2 Å². The van der Waals surface area contributed by atoms with E-state index >= 15 is 0 Å². The number of hydrogen-bond acceptors (Lipinski definition) is 6. The van der Waals surface area contributed by atoms with E-state index in [1.54, 1.807) is 0 Å². The summed E-state index contributed by atoms with van der Waals surface area (Å²) in [4.78, 5) is 38.3. The van der Waals surface area contributed by atoms with Gasteiger partial charge in [0.2, 0.25) is 0 Å². The molecule has 0 aliphatic rings. The van der Waals surface area contributed by atoms with Crippen LogP contribution in [0, 0.1) is 0 Å². The molecule has 6 heteroatoms. The first-order valence-corrected chi connectivity index (χ1v) is 31.7. The largest absolute Gasteiger partial charge is 0.462 e. The van der Waals surface area contributed by atoms with E-state index < -0.39 is 6.10 Å². The van der Waals surface area contributed by atoms with Gasteiger partial charge in [-0.3, -0.25) is 14.4 Å². The third kappa shape index (κ3) is 61.1. The normalized spacial score (nSPS) is 12.7. The zero-order valence-electron chi connectivity index (χ0n) is 49.3. The summed E-state index contributed by atoms with van der Waals surface area (Å²) in [6, 6.07) is 0. The second-order valence-electron chi connectivity index (χ2n) is 20.9. The summed E-state index contributed by atoms with van der Waals surface area (Å²) in [5, 5.41) is 0. The van der Waals surface area contributed by atoms with Crippen LogP contribution < -0.4 is 0 Å². The van der Waals surface area contributed by atoms with Crippen molar-refractivity contribution in [3.63, 3.8) is 0 Å². The lowest BCUT2D eigenvalue weighted by atomic mass is 10.1. The summed E-state index contributed by atoms with van der Waals surface area (Å²) >= 11 is 0. The third-order valence-electron chi connectivity index (χ3n) is 13.5. The highest BCUT2D eigenvalue weighted by Crippen LogP contribution is 2.16. The molecule has 1 atom stereocenters. The maximum Gasteiger partial charge on any atom is 0.306 e. The lowest BCUT2D eigenvalue weighted by Crippen LogP contribution is -2.30. The highest BCUT2D eigenvalue weighted by Gasteiger charge is 2.19. The van der Waals surface area contributed by atoms with Gasteiger partial charge in [-0.15, -0.1) is 0 Å². The van der Waals surface area contributed by atoms with Crippen LogP contribution in [0.15, 0.2) is 97.2 Å². The van der Waals surface area contributed by atoms with Crippen molar-refractivity contribution in [3.8, 4) is 0 Å². The van der Waals surface area contributed by atoms with E-state index in [1.165, 1.54) is 141 Å². The molecule has 0 aromatic rings. The maximum atomic E-state index is 12.9. The standard InChI is InChI=1S/C69H118O6/c1-4-7-10-13-16-19-22-25-28-30-32-33-34-35-37-38-41-44-47-50-53-56-59-62-68(71)74-65-66(64-73-67(70)61-58-55-52-49-46-43-40-27-24-21-18-15-12-9-6-3)75-69(72)63-60-57-54-51-48-45-42-39-36-31-29-26-23-20-17-14-11-8-5-2/h7,10,16,18-19,21,25-29,32-33,35,37,40,66H,4-6,8-9,11-15,17,20,22-24,30-31,34,36,38-39,41-65H2,1-3H3/b10-7-,19-16-,21-18-,28-25-,29-26-,33-32-,37-35-,40-27-. The van der Waals surface area contributed by atoms with Gasteiger partial charge in [0, 0.05) is 19.3 Å². The second kappa shape index (κ2) is 62.9. The van der Waals surface area contributed by atoms with E-state index in [9.17, 15) is 14.4 Å². The smallest absolute Gasteiger partial charge is 0.306 e. The first-order valence-electron chi connectivity index (χ1n) is 31.7. The Hall–Kier alpha value is -3.67. The summed E-state index contributed by atoms with van der Waals surface area (Å²) in [5.41, 5.74) is 0. The first-order chi connectivity index (χ1) is 37.0. The van der Waals surface area contributed by atoms with E-state index in [2.05, 4.69) is 118 Å². The summed E-state index contributed by atoms with van der Waals surface area (Å²) in [6.07, 6.45) is 84.0. The van der Waals surface area contributed by atoms with Crippen LogP contribution in [0.25, 0.3) is 0 Å². The Morgan fingerprint density at radius 2 is 0.520 bits per heavy atom. The Labute approximate surface area is 464 Å². The van der Waals surface area contributed by atoms with Crippen molar-refractivity contribution >= 4 is 17.9 Å². The highest BCUT2D eigenvalue weighted by atomic mass is 16.6. The van der Waals surface area contributed by atoms with Crippen LogP contribution in [0.5, 0.6) is 0 Å². The molecule has 6 nitrogen and oxygen atoms in total. The van der Waals surface area contributed by atoms with Crippen molar-refractivity contribution < 1.29 is 28.6 Å². The van der Waals surface area contributed by atoms with Crippen LogP contribution >= 0.6 is 0 Å². The van der Waals surface area contributed by atoms with Crippen molar-refractivity contribution in [1.29, 1.82) is 0 Å². The Morgan fingerprint density at radius 3 is 0.853 bits per heavy atom. The number of esters is 3. The first kappa shape index (κ1) is 71.3. The van der Waals surface area contributed by atoms with E-state index in [1.807, 2.05) is 0 Å². The molecule has 0 saturated heterocycles. The molecule has 0 fully saturated rings. The Morgan fingerprint density at radius 1 is 0.280 bits per heavy atom. The Balaban J connectivity index is 4.40. The molecule has 1 unspecified atom stereocenters. The summed E-state index contributed by atoms with van der Waals surface area (Å²) < 4.78 is 16.9. The average Bonchev–Trinajstić information content (AvgIpc) is 3.41. The van der Waals surface area contributed by atoms with Gasteiger partial charge in [-0.2, -0.15) is 0 Å². The van der Waals surface area contributed by atoms with Gasteiger partial charge in [-0.25, -0.2) is 0 Å². The molecule has 0 aliphatic heterocycles. The number of ether oxygens (including phenoxy) is 3. The van der Waals surface area contributed by atoms with Crippen molar-refractivity contribution in [2.24, 2.45) is 0 Å². The van der Waals surface area contributed by atoms with E-state index in [0.29, 0.717) is 19.3 Å². The molecule has 430 valence electrons. The maximum absolute atomic E-state index is 12.9. The summed E-state index contributed by atoms with van der Waals surface area (Å²) in [5.74, 6) is -0.905. The molecule has 0 bridgehead atoms. The molecule has 0 radical (unpaired) electrons. The zero-order valence-corrected chi connectivity index (χ0v) is 49.3. The number of hydrogen-bond donors (Lipinski definition) is 0. The van der Waals surface area contributed by atoms with Crippen molar-refractivity contribution in [2.45, 2.75) is 309 Å². The fraction of sp³-hybridized carbons (Fsp3) is 0.725. The van der Waals surface area contributed by atoms with Crippen LogP contribution in [0.2, 0.25) is 0 Å². The fourth-order valence-electron chi connectivity index (χ4n) is 8.79. The summed E-state index contributed by atoms with van der Waals surface area (Å²) in [6.45, 7) is 6.50. The average molecular weight is 1040 g/mol. The molecule has 0 heterocycles. The minimum absolute atomic E-state index is 0.0884. The zero-order chi connectivity index (χ0) is 54.3. The van der Waals surface area contributed by atoms with Gasteiger partial charge in [-0.1, -0.05) is 259 Å². The third-order valence-corrected chi connectivity index (χ3v) is 13.5. The van der Waals surface area contributed by atoms with Crippen LogP contribution in [0.1, 0.15) is 303 Å². The van der Waals surface area contributed by atoms with Gasteiger partial charge in [0.05, 0.1) is 0 Å². The lowest BCUT2D eigenvalue weighted by molar-refractivity contribution is -0.167. The molecular formula is C69H118O6. The predicted molar refractivity (Wildman–Crippen MR) is 325 cm³/mol. The van der Waals surface area contributed by atoms with Gasteiger partial charge in [0.25, 0.3) is 0 Å². The van der Waals surface area contributed by atoms with Gasteiger partial charge in [0.15, 0.2) is 6.10 Å². The molecule has 75 heavy (non-hydrogen) atoms. The monoisotopic (exact) mass is 1040 g/mol. The molecule has 0 aromatic heterocycles. The Bertz CT molecular complexity index is 1480. The lowest BCUT2D eigenvalue weighted by Gasteiger charge is -2.18. The molecular weight excluding hydrogens is 925 g/mol. The Kier molecular flexibility index (Phi) is 59.8. The van der Waals surface area contributed by atoms with E-state index in [0.717, 1.165) is 122 Å². The van der Waals surface area contributed by atoms with Crippen LogP contribution in [-0.4, -0.2) is 37.2 Å². The number of rotatable bonds is 57. The molecule has 0 aromatic carbocycles. The van der Waals surface area contributed by atoms with Crippen molar-refractivity contribution in [2.75, 3.05) is 13.2 Å². The topological polar surface area (TPSA) is 78.9 Å². The number of carbonyl (C=O) groups is 3. The van der Waals surface area contributed by atoms with Crippen LogP contribution in [0.4, 0.5) is 0 Å². The molecule has 0 aliphatic carbocycles. The highest BCUT2D eigenvalue weighted by molar-refractivity contribution is 5.71. The number of allylic oxidation sites excluding steroid dienone is 16. The minimum atomic E-state index is -0.791. The molecule has 0 spiro atoms. The number of unbranched alkanes of at least 4 members (excludes halogenated alkanes) is 30. The minimum Gasteiger partial charge on any atom is -0.462 e.